The minimum atomic E-state index is -0.157. The van der Waals surface area contributed by atoms with Crippen LogP contribution in [0.25, 0.3) is 0 Å². The first-order valence-electron chi connectivity index (χ1n) is 8.06. The first-order valence-corrected chi connectivity index (χ1v) is 8.06. The number of rotatable bonds is 5. The summed E-state index contributed by atoms with van der Waals surface area (Å²) < 4.78 is 19.2. The Morgan fingerprint density at radius 3 is 3.14 bits per heavy atom. The van der Waals surface area contributed by atoms with E-state index >= 15 is 0 Å². The summed E-state index contributed by atoms with van der Waals surface area (Å²) in [5.41, 5.74) is 1.04. The maximum atomic E-state index is 13.4. The molecule has 1 N–H and O–H groups in total. The van der Waals surface area contributed by atoms with Crippen LogP contribution < -0.4 is 5.32 Å². The molecule has 1 aliphatic carbocycles. The van der Waals surface area contributed by atoms with Crippen molar-refractivity contribution in [3.8, 4) is 0 Å². The van der Waals surface area contributed by atoms with E-state index in [9.17, 15) is 4.39 Å². The van der Waals surface area contributed by atoms with E-state index in [0.29, 0.717) is 12.1 Å². The summed E-state index contributed by atoms with van der Waals surface area (Å²) in [5.74, 6) is -0.157. The zero-order chi connectivity index (χ0) is 14.7. The van der Waals surface area contributed by atoms with E-state index in [-0.39, 0.29) is 11.9 Å². The summed E-state index contributed by atoms with van der Waals surface area (Å²) in [6.07, 6.45) is 5.20. The van der Waals surface area contributed by atoms with E-state index < -0.39 is 0 Å². The molecule has 1 aromatic carbocycles. The predicted molar refractivity (Wildman–Crippen MR) is 81.8 cm³/mol. The van der Waals surface area contributed by atoms with Crippen LogP contribution in [0.15, 0.2) is 24.3 Å². The monoisotopic (exact) mass is 292 g/mol. The Labute approximate surface area is 126 Å². The van der Waals surface area contributed by atoms with Crippen molar-refractivity contribution in [1.82, 2.24) is 10.2 Å². The Morgan fingerprint density at radius 2 is 2.33 bits per heavy atom. The third-order valence-electron chi connectivity index (χ3n) is 4.90. The van der Waals surface area contributed by atoms with Gasteiger partial charge >= 0.3 is 0 Å². The first kappa shape index (κ1) is 14.9. The molecule has 3 nitrogen and oxygen atoms in total. The number of benzene rings is 1. The Kier molecular flexibility index (Phi) is 4.88. The van der Waals surface area contributed by atoms with Gasteiger partial charge in [0.25, 0.3) is 0 Å². The Bertz CT molecular complexity index is 468. The molecule has 21 heavy (non-hydrogen) atoms. The van der Waals surface area contributed by atoms with Gasteiger partial charge in [-0.3, -0.25) is 4.90 Å². The van der Waals surface area contributed by atoms with Gasteiger partial charge in [0.2, 0.25) is 0 Å². The van der Waals surface area contributed by atoms with Crippen LogP contribution in [0.4, 0.5) is 4.39 Å². The third kappa shape index (κ3) is 3.44. The number of hydrogen-bond donors (Lipinski definition) is 1. The van der Waals surface area contributed by atoms with Crippen LogP contribution in [0, 0.1) is 5.82 Å². The van der Waals surface area contributed by atoms with E-state index in [0.717, 1.165) is 31.7 Å². The molecule has 3 unspecified atom stereocenters. The smallest absolute Gasteiger partial charge is 0.123 e. The van der Waals surface area contributed by atoms with E-state index in [1.165, 1.54) is 25.3 Å². The van der Waals surface area contributed by atoms with Gasteiger partial charge in [-0.25, -0.2) is 4.39 Å². The van der Waals surface area contributed by atoms with Crippen LogP contribution in [-0.4, -0.2) is 43.8 Å². The predicted octanol–water partition coefficient (Wildman–Crippen LogP) is 2.73. The van der Waals surface area contributed by atoms with Crippen LogP contribution in [0.3, 0.4) is 0 Å². The maximum Gasteiger partial charge on any atom is 0.123 e. The summed E-state index contributed by atoms with van der Waals surface area (Å²) in [7, 11) is 1.95. The molecular formula is C17H25FN2O. The number of halogens is 1. The normalized spacial score (nSPS) is 27.5. The van der Waals surface area contributed by atoms with E-state index in [1.807, 2.05) is 13.1 Å². The van der Waals surface area contributed by atoms with Crippen LogP contribution in [0.5, 0.6) is 0 Å². The van der Waals surface area contributed by atoms with Crippen LogP contribution >= 0.6 is 0 Å². The number of fused-ring (bicyclic) bond motifs is 1. The Balaban J connectivity index is 1.60. The molecular weight excluding hydrogens is 267 g/mol. The second kappa shape index (κ2) is 6.86. The zero-order valence-electron chi connectivity index (χ0n) is 12.7. The number of nitrogens with one attached hydrogen (secondary N) is 1. The highest BCUT2D eigenvalue weighted by Gasteiger charge is 2.35. The van der Waals surface area contributed by atoms with Gasteiger partial charge < -0.3 is 10.1 Å². The quantitative estimate of drug-likeness (QED) is 0.903. The zero-order valence-corrected chi connectivity index (χ0v) is 12.7. The van der Waals surface area contributed by atoms with E-state index in [1.54, 1.807) is 12.1 Å². The number of ether oxygens (including phenoxy) is 1. The summed E-state index contributed by atoms with van der Waals surface area (Å²) in [6, 6.07) is 7.74. The number of morpholine rings is 1. The molecule has 1 aromatic rings. The lowest BCUT2D eigenvalue weighted by atomic mass is 10.0. The fraction of sp³-hybridized carbons (Fsp3) is 0.647. The van der Waals surface area contributed by atoms with Crippen molar-refractivity contribution in [2.45, 2.75) is 43.9 Å². The SMILES string of the molecule is CNC(CCN1CCOC2CCCC21)c1cccc(F)c1. The molecule has 0 spiro atoms. The molecule has 0 aromatic heterocycles. The molecule has 4 heteroatoms. The molecule has 2 fully saturated rings. The molecule has 3 atom stereocenters. The van der Waals surface area contributed by atoms with Gasteiger partial charge in [0.05, 0.1) is 12.7 Å². The lowest BCUT2D eigenvalue weighted by molar-refractivity contribution is -0.0563. The largest absolute Gasteiger partial charge is 0.375 e. The fourth-order valence-corrected chi connectivity index (χ4v) is 3.78. The summed E-state index contributed by atoms with van der Waals surface area (Å²) >= 11 is 0. The standard InChI is InChI=1S/C17H25FN2O/c1-19-15(13-4-2-5-14(18)12-13)8-9-20-10-11-21-17-7-3-6-16(17)20/h2,4-5,12,15-17,19H,3,6-11H2,1H3. The van der Waals surface area contributed by atoms with Gasteiger partial charge in [0, 0.05) is 25.2 Å². The van der Waals surface area contributed by atoms with Gasteiger partial charge in [-0.05, 0) is 50.4 Å². The van der Waals surface area contributed by atoms with E-state index in [2.05, 4.69) is 10.2 Å². The summed E-state index contributed by atoms with van der Waals surface area (Å²) in [6.45, 7) is 2.93. The first-order chi connectivity index (χ1) is 10.3. The van der Waals surface area contributed by atoms with Gasteiger partial charge in [-0.15, -0.1) is 0 Å². The second-order valence-electron chi connectivity index (χ2n) is 6.13. The van der Waals surface area contributed by atoms with E-state index in [4.69, 9.17) is 4.74 Å². The minimum absolute atomic E-state index is 0.157. The molecule has 0 radical (unpaired) electrons. The molecule has 2 aliphatic rings. The molecule has 1 saturated heterocycles. The van der Waals surface area contributed by atoms with Crippen molar-refractivity contribution in [3.63, 3.8) is 0 Å². The molecule has 3 rings (SSSR count). The maximum absolute atomic E-state index is 13.4. The van der Waals surface area contributed by atoms with Crippen molar-refractivity contribution >= 4 is 0 Å². The molecule has 1 aliphatic heterocycles. The highest BCUT2D eigenvalue weighted by Crippen LogP contribution is 2.30. The topological polar surface area (TPSA) is 24.5 Å². The molecule has 116 valence electrons. The summed E-state index contributed by atoms with van der Waals surface area (Å²) in [4.78, 5) is 2.57. The average molecular weight is 292 g/mol. The highest BCUT2D eigenvalue weighted by atomic mass is 19.1. The number of nitrogens with zero attached hydrogens (tertiary/aromatic N) is 1. The molecule has 0 bridgehead atoms. The van der Waals surface area contributed by atoms with Crippen molar-refractivity contribution in [3.05, 3.63) is 35.6 Å². The van der Waals surface area contributed by atoms with Gasteiger partial charge in [-0.1, -0.05) is 12.1 Å². The van der Waals surface area contributed by atoms with Crippen molar-refractivity contribution < 1.29 is 9.13 Å². The Morgan fingerprint density at radius 1 is 1.43 bits per heavy atom. The van der Waals surface area contributed by atoms with Gasteiger partial charge in [0.15, 0.2) is 0 Å². The number of hydrogen-bond acceptors (Lipinski definition) is 3. The van der Waals surface area contributed by atoms with Gasteiger partial charge in [0.1, 0.15) is 5.82 Å². The minimum Gasteiger partial charge on any atom is -0.375 e. The molecule has 1 heterocycles. The van der Waals surface area contributed by atoms with Crippen molar-refractivity contribution in [1.29, 1.82) is 0 Å². The van der Waals surface area contributed by atoms with Crippen LogP contribution in [0.2, 0.25) is 0 Å². The van der Waals surface area contributed by atoms with Crippen molar-refractivity contribution in [2.24, 2.45) is 0 Å². The van der Waals surface area contributed by atoms with Gasteiger partial charge in [-0.2, -0.15) is 0 Å². The lowest BCUT2D eigenvalue weighted by Crippen LogP contribution is -2.49. The lowest BCUT2D eigenvalue weighted by Gasteiger charge is -2.38. The molecule has 1 saturated carbocycles. The van der Waals surface area contributed by atoms with Crippen molar-refractivity contribution in [2.75, 3.05) is 26.7 Å². The fourth-order valence-electron chi connectivity index (χ4n) is 3.78. The average Bonchev–Trinajstić information content (AvgIpc) is 2.97. The molecule has 0 amide bonds. The highest BCUT2D eigenvalue weighted by molar-refractivity contribution is 5.20. The van der Waals surface area contributed by atoms with Crippen LogP contribution in [-0.2, 0) is 4.74 Å². The Hall–Kier alpha value is -0.970. The van der Waals surface area contributed by atoms with Crippen LogP contribution in [0.1, 0.15) is 37.3 Å². The third-order valence-corrected chi connectivity index (χ3v) is 4.90. The summed E-state index contributed by atoms with van der Waals surface area (Å²) in [5, 5.41) is 3.32. The second-order valence-corrected chi connectivity index (χ2v) is 6.13.